The molecule has 1 aromatic carbocycles. The van der Waals surface area contributed by atoms with Gasteiger partial charge in [-0.1, -0.05) is 71.9 Å². The molecule has 0 fully saturated rings. The minimum atomic E-state index is -0.260. The summed E-state index contributed by atoms with van der Waals surface area (Å²) in [6.07, 6.45) is 7.15. The van der Waals surface area contributed by atoms with E-state index in [-0.39, 0.29) is 23.6 Å². The monoisotopic (exact) mass is 334 g/mol. The second-order valence-corrected chi connectivity index (χ2v) is 7.72. The standard InChI is InChI=1S/C21H34O3/c1-6-7-8-9-10-11-12-24-19(22)15-17-14-18(21(3,4)5)13-16(2)20(17)23/h13-14,23H,6-12,15H2,1-5H3. The van der Waals surface area contributed by atoms with Crippen molar-refractivity contribution in [2.45, 2.75) is 85.0 Å². The Hall–Kier alpha value is -1.51. The summed E-state index contributed by atoms with van der Waals surface area (Å²) >= 11 is 0. The summed E-state index contributed by atoms with van der Waals surface area (Å²) in [5.41, 5.74) is 2.57. The van der Waals surface area contributed by atoms with Crippen molar-refractivity contribution in [1.82, 2.24) is 0 Å². The third-order valence-corrected chi connectivity index (χ3v) is 4.34. The average Bonchev–Trinajstić information content (AvgIpc) is 2.49. The van der Waals surface area contributed by atoms with Crippen molar-refractivity contribution < 1.29 is 14.6 Å². The Morgan fingerprint density at radius 1 is 1.08 bits per heavy atom. The molecule has 0 saturated carbocycles. The highest BCUT2D eigenvalue weighted by molar-refractivity contribution is 5.74. The molecule has 3 nitrogen and oxygen atoms in total. The average molecular weight is 335 g/mol. The second kappa shape index (κ2) is 9.71. The smallest absolute Gasteiger partial charge is 0.310 e. The predicted octanol–water partition coefficient (Wildman–Crippen LogP) is 5.44. The molecule has 1 rings (SSSR count). The van der Waals surface area contributed by atoms with Crippen LogP contribution in [0.25, 0.3) is 0 Å². The van der Waals surface area contributed by atoms with E-state index in [4.69, 9.17) is 4.74 Å². The van der Waals surface area contributed by atoms with Crippen molar-refractivity contribution in [3.05, 3.63) is 28.8 Å². The lowest BCUT2D eigenvalue weighted by Gasteiger charge is -2.21. The number of hydrogen-bond acceptors (Lipinski definition) is 3. The number of carbonyl (C=O) groups excluding carboxylic acids is 1. The van der Waals surface area contributed by atoms with E-state index in [2.05, 4.69) is 27.7 Å². The number of benzene rings is 1. The van der Waals surface area contributed by atoms with Crippen LogP contribution in [0.3, 0.4) is 0 Å². The molecule has 0 aliphatic rings. The van der Waals surface area contributed by atoms with E-state index in [9.17, 15) is 9.90 Å². The molecule has 3 heteroatoms. The maximum Gasteiger partial charge on any atom is 0.310 e. The molecule has 0 aliphatic heterocycles. The molecular formula is C21H34O3. The Kier molecular flexibility index (Phi) is 8.30. The molecule has 0 radical (unpaired) electrons. The van der Waals surface area contributed by atoms with E-state index >= 15 is 0 Å². The lowest BCUT2D eigenvalue weighted by Crippen LogP contribution is -2.14. The van der Waals surface area contributed by atoms with E-state index in [0.29, 0.717) is 12.2 Å². The Morgan fingerprint density at radius 3 is 2.33 bits per heavy atom. The Labute approximate surface area is 147 Å². The van der Waals surface area contributed by atoms with Gasteiger partial charge in [-0.2, -0.15) is 0 Å². The van der Waals surface area contributed by atoms with E-state index in [0.717, 1.165) is 24.0 Å². The largest absolute Gasteiger partial charge is 0.507 e. The van der Waals surface area contributed by atoms with Crippen LogP contribution in [-0.2, 0) is 21.4 Å². The van der Waals surface area contributed by atoms with Crippen molar-refractivity contribution in [2.75, 3.05) is 6.61 Å². The fourth-order valence-electron chi connectivity index (χ4n) is 2.70. The number of unbranched alkanes of at least 4 members (excludes halogenated alkanes) is 5. The Bertz CT molecular complexity index is 527. The first-order valence-corrected chi connectivity index (χ1v) is 9.24. The first-order valence-electron chi connectivity index (χ1n) is 9.24. The van der Waals surface area contributed by atoms with Gasteiger partial charge in [0, 0.05) is 5.56 Å². The zero-order chi connectivity index (χ0) is 18.2. The van der Waals surface area contributed by atoms with Crippen molar-refractivity contribution >= 4 is 5.97 Å². The van der Waals surface area contributed by atoms with Crippen LogP contribution >= 0.6 is 0 Å². The first-order chi connectivity index (χ1) is 11.3. The molecule has 0 aromatic heterocycles. The van der Waals surface area contributed by atoms with Gasteiger partial charge in [-0.3, -0.25) is 4.79 Å². The van der Waals surface area contributed by atoms with Crippen molar-refractivity contribution in [1.29, 1.82) is 0 Å². The van der Waals surface area contributed by atoms with Gasteiger partial charge in [-0.05, 0) is 29.9 Å². The number of phenols is 1. The van der Waals surface area contributed by atoms with E-state index in [1.165, 1.54) is 25.7 Å². The molecule has 0 atom stereocenters. The molecule has 24 heavy (non-hydrogen) atoms. The molecule has 0 amide bonds. The Morgan fingerprint density at radius 2 is 1.71 bits per heavy atom. The lowest BCUT2D eigenvalue weighted by atomic mass is 9.84. The summed E-state index contributed by atoms with van der Waals surface area (Å²) in [5, 5.41) is 10.2. The van der Waals surface area contributed by atoms with Gasteiger partial charge in [0.25, 0.3) is 0 Å². The van der Waals surface area contributed by atoms with Crippen LogP contribution in [-0.4, -0.2) is 17.7 Å². The van der Waals surface area contributed by atoms with Gasteiger partial charge in [-0.25, -0.2) is 0 Å². The molecule has 0 bridgehead atoms. The number of phenolic OH excluding ortho intramolecular Hbond substituents is 1. The van der Waals surface area contributed by atoms with Gasteiger partial charge < -0.3 is 9.84 Å². The third-order valence-electron chi connectivity index (χ3n) is 4.34. The topological polar surface area (TPSA) is 46.5 Å². The lowest BCUT2D eigenvalue weighted by molar-refractivity contribution is -0.143. The van der Waals surface area contributed by atoms with Crippen molar-refractivity contribution in [3.8, 4) is 5.75 Å². The van der Waals surface area contributed by atoms with Gasteiger partial charge in [0.2, 0.25) is 0 Å². The van der Waals surface area contributed by atoms with Crippen molar-refractivity contribution in [3.63, 3.8) is 0 Å². The minimum Gasteiger partial charge on any atom is -0.507 e. The van der Waals surface area contributed by atoms with Crippen LogP contribution in [0.5, 0.6) is 5.75 Å². The fourth-order valence-corrected chi connectivity index (χ4v) is 2.70. The number of rotatable bonds is 9. The summed E-state index contributed by atoms with van der Waals surface area (Å²) in [6, 6.07) is 3.91. The van der Waals surface area contributed by atoms with Gasteiger partial charge in [-0.15, -0.1) is 0 Å². The number of ether oxygens (including phenoxy) is 1. The molecule has 0 aliphatic carbocycles. The third kappa shape index (κ3) is 6.94. The number of aryl methyl sites for hydroxylation is 1. The summed E-state index contributed by atoms with van der Waals surface area (Å²) < 4.78 is 5.32. The molecule has 1 aromatic rings. The SMILES string of the molecule is CCCCCCCCOC(=O)Cc1cc(C(C)(C)C)cc(C)c1O. The Balaban J connectivity index is 2.50. The first kappa shape index (κ1) is 20.5. The maximum atomic E-state index is 12.0. The van der Waals surface area contributed by atoms with Crippen LogP contribution in [0.4, 0.5) is 0 Å². The second-order valence-electron chi connectivity index (χ2n) is 7.72. The minimum absolute atomic E-state index is 0.0183. The molecular weight excluding hydrogens is 300 g/mol. The van der Waals surface area contributed by atoms with Crippen LogP contribution < -0.4 is 0 Å². The number of carbonyl (C=O) groups is 1. The van der Waals surface area contributed by atoms with Gasteiger partial charge in [0.1, 0.15) is 5.75 Å². The summed E-state index contributed by atoms with van der Waals surface area (Å²) in [5.74, 6) is -0.0520. The molecule has 1 N–H and O–H groups in total. The summed E-state index contributed by atoms with van der Waals surface area (Å²) in [4.78, 5) is 12.0. The van der Waals surface area contributed by atoms with Crippen LogP contribution in [0.2, 0.25) is 0 Å². The molecule has 0 unspecified atom stereocenters. The predicted molar refractivity (Wildman–Crippen MR) is 99.6 cm³/mol. The van der Waals surface area contributed by atoms with Crippen molar-refractivity contribution in [2.24, 2.45) is 0 Å². The van der Waals surface area contributed by atoms with Gasteiger partial charge in [0.05, 0.1) is 13.0 Å². The fraction of sp³-hybridized carbons (Fsp3) is 0.667. The normalized spacial score (nSPS) is 11.5. The molecule has 0 saturated heterocycles. The highest BCUT2D eigenvalue weighted by Crippen LogP contribution is 2.31. The van der Waals surface area contributed by atoms with E-state index in [1.54, 1.807) is 0 Å². The molecule has 136 valence electrons. The molecule has 0 spiro atoms. The highest BCUT2D eigenvalue weighted by Gasteiger charge is 2.19. The summed E-state index contributed by atoms with van der Waals surface area (Å²) in [7, 11) is 0. The van der Waals surface area contributed by atoms with Crippen LogP contribution in [0.15, 0.2) is 12.1 Å². The van der Waals surface area contributed by atoms with Gasteiger partial charge in [0.15, 0.2) is 0 Å². The van der Waals surface area contributed by atoms with Crippen LogP contribution in [0.1, 0.15) is 82.9 Å². The number of aromatic hydroxyl groups is 1. The zero-order valence-electron chi connectivity index (χ0n) is 16.1. The zero-order valence-corrected chi connectivity index (χ0v) is 16.1. The van der Waals surface area contributed by atoms with E-state index in [1.807, 2.05) is 19.1 Å². The quantitative estimate of drug-likeness (QED) is 0.483. The van der Waals surface area contributed by atoms with Crippen LogP contribution in [0, 0.1) is 6.92 Å². The van der Waals surface area contributed by atoms with E-state index < -0.39 is 0 Å². The highest BCUT2D eigenvalue weighted by atomic mass is 16.5. The maximum absolute atomic E-state index is 12.0. The van der Waals surface area contributed by atoms with Gasteiger partial charge >= 0.3 is 5.97 Å². The summed E-state index contributed by atoms with van der Waals surface area (Å²) in [6.45, 7) is 10.9. The number of hydrogen-bond donors (Lipinski definition) is 1. The molecule has 0 heterocycles. The number of esters is 1.